The van der Waals surface area contributed by atoms with Gasteiger partial charge >= 0.3 is 0 Å². The molecule has 0 unspecified atom stereocenters. The number of hydrogen-bond donors (Lipinski definition) is 1. The van der Waals surface area contributed by atoms with Crippen LogP contribution in [-0.2, 0) is 14.8 Å². The molecule has 0 radical (unpaired) electrons. The van der Waals surface area contributed by atoms with E-state index in [0.29, 0.717) is 29.1 Å². The van der Waals surface area contributed by atoms with Crippen LogP contribution in [0.5, 0.6) is 0 Å². The zero-order valence-corrected chi connectivity index (χ0v) is 14.4. The number of hydrogen-bond acceptors (Lipinski definition) is 3. The summed E-state index contributed by atoms with van der Waals surface area (Å²) in [6, 6.07) is 1.67. The lowest BCUT2D eigenvalue weighted by molar-refractivity contribution is 0.105. The molecule has 0 aliphatic carbocycles. The Balaban J connectivity index is 2.15. The van der Waals surface area contributed by atoms with Gasteiger partial charge in [0.25, 0.3) is 0 Å². The number of ether oxygens (including phenoxy) is 1. The Morgan fingerprint density at radius 3 is 2.71 bits per heavy atom. The first-order chi connectivity index (χ1) is 9.83. The molecule has 0 aromatic heterocycles. The molecule has 0 bridgehead atoms. The maximum absolute atomic E-state index is 12.5. The number of rotatable bonds is 5. The van der Waals surface area contributed by atoms with Gasteiger partial charge in [0.2, 0.25) is 10.0 Å². The van der Waals surface area contributed by atoms with Gasteiger partial charge in [-0.25, -0.2) is 13.1 Å². The molecule has 1 aromatic rings. The molecule has 1 fully saturated rings. The summed E-state index contributed by atoms with van der Waals surface area (Å²) in [7, 11) is -3.68. The maximum Gasteiger partial charge on any atom is 0.242 e. The van der Waals surface area contributed by atoms with Crippen LogP contribution in [0.3, 0.4) is 0 Å². The number of nitrogens with one attached hydrogen (secondary N) is 1. The molecule has 118 valence electrons. The first-order valence-corrected chi connectivity index (χ1v) is 9.13. The Labute approximate surface area is 135 Å². The third-order valence-corrected chi connectivity index (χ3v) is 6.26. The van der Waals surface area contributed by atoms with Crippen LogP contribution < -0.4 is 4.72 Å². The molecule has 0 amide bonds. The molecule has 1 aliphatic heterocycles. The summed E-state index contributed by atoms with van der Waals surface area (Å²) in [5, 5.41) is 0.623. The Hall–Kier alpha value is -0.330. The predicted octanol–water partition coefficient (Wildman–Crippen LogP) is 3.46. The van der Waals surface area contributed by atoms with Crippen LogP contribution in [0.1, 0.15) is 30.4 Å². The van der Waals surface area contributed by atoms with Crippen molar-refractivity contribution in [3.05, 3.63) is 27.2 Å². The van der Waals surface area contributed by atoms with E-state index in [1.54, 1.807) is 19.9 Å². The Bertz CT molecular complexity index is 599. The Morgan fingerprint density at radius 1 is 1.38 bits per heavy atom. The van der Waals surface area contributed by atoms with Crippen molar-refractivity contribution in [3.8, 4) is 0 Å². The zero-order valence-electron chi connectivity index (χ0n) is 12.1. The minimum absolute atomic E-state index is 0.0708. The van der Waals surface area contributed by atoms with Crippen molar-refractivity contribution >= 4 is 33.2 Å². The first kappa shape index (κ1) is 17.0. The second-order valence-electron chi connectivity index (χ2n) is 5.26. The summed E-state index contributed by atoms with van der Waals surface area (Å²) in [6.45, 7) is 4.48. The average molecular weight is 352 g/mol. The highest BCUT2D eigenvalue weighted by atomic mass is 35.5. The molecule has 2 rings (SSSR count). The molecule has 4 nitrogen and oxygen atoms in total. The number of aryl methyl sites for hydroxylation is 1. The quantitative estimate of drug-likeness (QED) is 0.883. The van der Waals surface area contributed by atoms with Gasteiger partial charge in [0.15, 0.2) is 0 Å². The Morgan fingerprint density at radius 2 is 2.10 bits per heavy atom. The SMILES string of the molecule is Cc1cc(Cl)c(C)c(S(=O)(=O)NCC[C@@H]2CCCO2)c1Cl. The normalized spacial score (nSPS) is 19.1. The molecule has 21 heavy (non-hydrogen) atoms. The molecule has 1 aromatic carbocycles. The van der Waals surface area contributed by atoms with Gasteiger partial charge in [0.05, 0.1) is 11.1 Å². The van der Waals surface area contributed by atoms with Crippen LogP contribution >= 0.6 is 23.2 Å². The van der Waals surface area contributed by atoms with Crippen molar-refractivity contribution in [1.29, 1.82) is 0 Å². The summed E-state index contributed by atoms with van der Waals surface area (Å²) in [5.74, 6) is 0. The molecule has 1 aliphatic rings. The summed E-state index contributed by atoms with van der Waals surface area (Å²) >= 11 is 12.2. The summed E-state index contributed by atoms with van der Waals surface area (Å²) < 4.78 is 33.0. The lowest BCUT2D eigenvalue weighted by atomic mass is 10.2. The van der Waals surface area contributed by atoms with Crippen LogP contribution in [0.25, 0.3) is 0 Å². The van der Waals surface area contributed by atoms with E-state index in [4.69, 9.17) is 27.9 Å². The van der Waals surface area contributed by atoms with Gasteiger partial charge in [-0.3, -0.25) is 0 Å². The third-order valence-electron chi connectivity index (χ3n) is 3.64. The average Bonchev–Trinajstić information content (AvgIpc) is 2.89. The van der Waals surface area contributed by atoms with Gasteiger partial charge in [0, 0.05) is 18.2 Å². The first-order valence-electron chi connectivity index (χ1n) is 6.89. The minimum Gasteiger partial charge on any atom is -0.378 e. The minimum atomic E-state index is -3.68. The van der Waals surface area contributed by atoms with E-state index in [1.165, 1.54) is 0 Å². The third kappa shape index (κ3) is 3.90. The monoisotopic (exact) mass is 351 g/mol. The smallest absolute Gasteiger partial charge is 0.242 e. The van der Waals surface area contributed by atoms with Crippen molar-refractivity contribution in [2.45, 2.75) is 44.1 Å². The van der Waals surface area contributed by atoms with Crippen molar-refractivity contribution in [1.82, 2.24) is 4.72 Å². The Kier molecular flexibility index (Phi) is 5.54. The zero-order chi connectivity index (χ0) is 15.6. The molecule has 7 heteroatoms. The van der Waals surface area contributed by atoms with Crippen molar-refractivity contribution in [2.24, 2.45) is 0 Å². The number of sulfonamides is 1. The van der Waals surface area contributed by atoms with E-state index >= 15 is 0 Å². The molecule has 1 saturated heterocycles. The maximum atomic E-state index is 12.5. The van der Waals surface area contributed by atoms with Crippen LogP contribution in [0.15, 0.2) is 11.0 Å². The molecule has 0 saturated carbocycles. The van der Waals surface area contributed by atoms with Crippen molar-refractivity contribution in [3.63, 3.8) is 0 Å². The lowest BCUT2D eigenvalue weighted by Crippen LogP contribution is -2.28. The molecular formula is C14H19Cl2NO3S. The number of benzene rings is 1. The number of halogens is 2. The van der Waals surface area contributed by atoms with E-state index in [9.17, 15) is 8.42 Å². The van der Waals surface area contributed by atoms with E-state index in [0.717, 1.165) is 19.4 Å². The second kappa shape index (κ2) is 6.84. The van der Waals surface area contributed by atoms with Crippen molar-refractivity contribution in [2.75, 3.05) is 13.2 Å². The van der Waals surface area contributed by atoms with E-state index in [1.807, 2.05) is 0 Å². The standard InChI is InChI=1S/C14H19Cl2NO3S/c1-9-8-12(15)10(2)14(13(9)16)21(18,19)17-6-5-11-4-3-7-20-11/h8,11,17H,3-7H2,1-2H3/t11-/m0/s1. The fourth-order valence-electron chi connectivity index (χ4n) is 2.43. The van der Waals surface area contributed by atoms with E-state index in [2.05, 4.69) is 4.72 Å². The largest absolute Gasteiger partial charge is 0.378 e. The molecule has 1 atom stereocenters. The lowest BCUT2D eigenvalue weighted by Gasteiger charge is -2.15. The fourth-order valence-corrected chi connectivity index (χ4v) is 4.69. The van der Waals surface area contributed by atoms with Gasteiger partial charge in [0.1, 0.15) is 4.90 Å². The molecular weight excluding hydrogens is 333 g/mol. The van der Waals surface area contributed by atoms with Gasteiger partial charge in [-0.15, -0.1) is 0 Å². The summed E-state index contributed by atoms with van der Waals surface area (Å²) in [5.41, 5.74) is 1.11. The van der Waals surface area contributed by atoms with Crippen LogP contribution in [-0.4, -0.2) is 27.7 Å². The van der Waals surface area contributed by atoms with E-state index in [-0.39, 0.29) is 16.0 Å². The summed E-state index contributed by atoms with van der Waals surface area (Å²) in [6.07, 6.45) is 2.83. The van der Waals surface area contributed by atoms with Gasteiger partial charge < -0.3 is 4.74 Å². The fraction of sp³-hybridized carbons (Fsp3) is 0.571. The molecule has 0 spiro atoms. The van der Waals surface area contributed by atoms with Crippen LogP contribution in [0.2, 0.25) is 10.0 Å². The molecule has 1 heterocycles. The van der Waals surface area contributed by atoms with Gasteiger partial charge in [-0.2, -0.15) is 0 Å². The van der Waals surface area contributed by atoms with Crippen LogP contribution in [0.4, 0.5) is 0 Å². The van der Waals surface area contributed by atoms with Crippen molar-refractivity contribution < 1.29 is 13.2 Å². The second-order valence-corrected chi connectivity index (χ2v) is 7.75. The highest BCUT2D eigenvalue weighted by Crippen LogP contribution is 2.33. The predicted molar refractivity (Wildman–Crippen MR) is 84.7 cm³/mol. The highest BCUT2D eigenvalue weighted by Gasteiger charge is 2.24. The highest BCUT2D eigenvalue weighted by molar-refractivity contribution is 7.89. The van der Waals surface area contributed by atoms with Gasteiger partial charge in [-0.05, 0) is 50.3 Å². The van der Waals surface area contributed by atoms with E-state index < -0.39 is 10.0 Å². The van der Waals surface area contributed by atoms with Crippen LogP contribution in [0, 0.1) is 13.8 Å². The summed E-state index contributed by atoms with van der Waals surface area (Å²) in [4.78, 5) is 0.0708. The molecule has 1 N–H and O–H groups in total. The topological polar surface area (TPSA) is 55.4 Å². The van der Waals surface area contributed by atoms with Gasteiger partial charge in [-0.1, -0.05) is 23.2 Å².